The Morgan fingerprint density at radius 3 is 2.26 bits per heavy atom. The number of carbonyl (C=O) groups is 4. The number of rotatable bonds is 15. The molecule has 1 aliphatic carbocycles. The molecule has 12 nitrogen and oxygen atoms in total. The zero-order chi connectivity index (χ0) is 28.1. The maximum absolute atomic E-state index is 13.2. The number of aliphatic carboxylic acids is 1. The molecule has 0 saturated carbocycles. The molecule has 0 heterocycles. The number of carbonyl (C=O) groups excluding carboxylic acids is 3. The minimum absolute atomic E-state index is 0.0880. The molecule has 1 aliphatic rings. The quantitative estimate of drug-likeness (QED) is 0.0911. The van der Waals surface area contributed by atoms with Crippen LogP contribution in [0.3, 0.4) is 0 Å². The molecule has 0 fully saturated rings. The molecule has 2 rings (SSSR count). The van der Waals surface area contributed by atoms with Crippen molar-refractivity contribution in [3.63, 3.8) is 0 Å². The van der Waals surface area contributed by atoms with Gasteiger partial charge in [0.15, 0.2) is 5.96 Å². The van der Waals surface area contributed by atoms with E-state index >= 15 is 0 Å². The van der Waals surface area contributed by atoms with E-state index in [2.05, 4.69) is 15.6 Å². The summed E-state index contributed by atoms with van der Waals surface area (Å²) in [4.78, 5) is 52.5. The molecule has 11 N–H and O–H groups in total. The van der Waals surface area contributed by atoms with Crippen molar-refractivity contribution in [2.24, 2.45) is 27.9 Å². The van der Waals surface area contributed by atoms with E-state index in [-0.39, 0.29) is 44.1 Å². The van der Waals surface area contributed by atoms with Gasteiger partial charge in [-0.25, -0.2) is 0 Å². The fourth-order valence-corrected chi connectivity index (χ4v) is 3.96. The monoisotopic (exact) mass is 527 g/mol. The molecule has 12 heteroatoms. The summed E-state index contributed by atoms with van der Waals surface area (Å²) in [5.74, 6) is -3.01. The molecule has 1 aromatic rings. The minimum Gasteiger partial charge on any atom is -0.481 e. The number of nitrogens with zero attached hydrogens (tertiary/aromatic N) is 1. The van der Waals surface area contributed by atoms with Crippen LogP contribution in [-0.2, 0) is 19.2 Å². The predicted octanol–water partition coefficient (Wildman–Crippen LogP) is -0.253. The minimum atomic E-state index is -1.12. The Hall–Kier alpha value is -4.19. The van der Waals surface area contributed by atoms with Gasteiger partial charge >= 0.3 is 5.97 Å². The summed E-state index contributed by atoms with van der Waals surface area (Å²) < 4.78 is 0. The lowest BCUT2D eigenvalue weighted by Crippen LogP contribution is -2.55. The van der Waals surface area contributed by atoms with Crippen molar-refractivity contribution in [1.82, 2.24) is 10.6 Å². The van der Waals surface area contributed by atoms with E-state index in [0.717, 1.165) is 11.1 Å². The highest BCUT2D eigenvalue weighted by molar-refractivity contribution is 5.93. The topological polar surface area (TPSA) is 229 Å². The average molecular weight is 528 g/mol. The molecule has 0 spiro atoms. The van der Waals surface area contributed by atoms with Crippen molar-refractivity contribution in [2.75, 3.05) is 6.54 Å². The highest BCUT2D eigenvalue weighted by Crippen LogP contribution is 2.28. The number of primary amides is 1. The standard InChI is InChI=1S/C26H37N7O5/c27-19(12-13-22(34)35)24(37)33-21(25(38)32-20(23(28)36)7-4-14-31-26(29)30)15-16-8-10-18(11-9-16)17-5-2-1-3-6-17/h1-3,5-6,8-10,18-21H,4,7,11-15,27H2,(H2,28,36)(H,32,38)(H,33,37)(H,34,35)(H4,29,30,31). The number of carboxylic acids is 1. The van der Waals surface area contributed by atoms with Crippen molar-refractivity contribution in [2.45, 2.75) is 62.6 Å². The number of nitrogens with two attached hydrogens (primary N) is 4. The van der Waals surface area contributed by atoms with Gasteiger partial charge in [-0.3, -0.25) is 24.2 Å². The number of guanidine groups is 1. The highest BCUT2D eigenvalue weighted by atomic mass is 16.4. The number of hydrogen-bond acceptors (Lipinski definition) is 6. The number of nitrogens with one attached hydrogen (secondary N) is 2. The summed E-state index contributed by atoms with van der Waals surface area (Å²) in [5, 5.41) is 14.1. The van der Waals surface area contributed by atoms with E-state index in [4.69, 9.17) is 28.0 Å². The van der Waals surface area contributed by atoms with Gasteiger partial charge in [-0.15, -0.1) is 0 Å². The largest absolute Gasteiger partial charge is 0.481 e. The third-order valence-corrected chi connectivity index (χ3v) is 6.09. The molecule has 0 saturated heterocycles. The zero-order valence-electron chi connectivity index (χ0n) is 21.2. The van der Waals surface area contributed by atoms with Gasteiger partial charge in [0.1, 0.15) is 12.1 Å². The van der Waals surface area contributed by atoms with Crippen LogP contribution in [-0.4, -0.2) is 59.4 Å². The van der Waals surface area contributed by atoms with E-state index in [1.165, 1.54) is 0 Å². The van der Waals surface area contributed by atoms with Crippen molar-refractivity contribution >= 4 is 29.7 Å². The molecule has 3 amide bonds. The second-order valence-corrected chi connectivity index (χ2v) is 9.11. The number of hydrogen-bond donors (Lipinski definition) is 7. The van der Waals surface area contributed by atoms with Crippen molar-refractivity contribution in [1.29, 1.82) is 0 Å². The van der Waals surface area contributed by atoms with Crippen LogP contribution in [0, 0.1) is 0 Å². The molecule has 0 aromatic heterocycles. The number of amides is 3. The van der Waals surface area contributed by atoms with Crippen LogP contribution >= 0.6 is 0 Å². The summed E-state index contributed by atoms with van der Waals surface area (Å²) >= 11 is 0. The lowest BCUT2D eigenvalue weighted by molar-refractivity contribution is -0.137. The van der Waals surface area contributed by atoms with Crippen LogP contribution in [0.4, 0.5) is 0 Å². The first-order valence-electron chi connectivity index (χ1n) is 12.4. The smallest absolute Gasteiger partial charge is 0.303 e. The van der Waals surface area contributed by atoms with E-state index in [1.54, 1.807) is 0 Å². The van der Waals surface area contributed by atoms with E-state index in [9.17, 15) is 19.2 Å². The third kappa shape index (κ3) is 10.4. The lowest BCUT2D eigenvalue weighted by atomic mass is 9.88. The maximum Gasteiger partial charge on any atom is 0.303 e. The molecule has 206 valence electrons. The van der Waals surface area contributed by atoms with Gasteiger partial charge < -0.3 is 38.7 Å². The lowest BCUT2D eigenvalue weighted by Gasteiger charge is -2.25. The maximum atomic E-state index is 13.2. The van der Waals surface area contributed by atoms with Gasteiger partial charge in [-0.1, -0.05) is 48.6 Å². The Labute approximate surface area is 221 Å². The number of benzene rings is 1. The first-order chi connectivity index (χ1) is 18.1. The van der Waals surface area contributed by atoms with E-state index in [1.807, 2.05) is 48.6 Å². The number of carboxylic acid groups (broad SMARTS) is 1. The summed E-state index contributed by atoms with van der Waals surface area (Å²) in [6, 6.07) is 6.78. The van der Waals surface area contributed by atoms with E-state index < -0.39 is 41.8 Å². The predicted molar refractivity (Wildman–Crippen MR) is 143 cm³/mol. The van der Waals surface area contributed by atoms with Crippen LogP contribution in [0.1, 0.15) is 50.0 Å². The third-order valence-electron chi connectivity index (χ3n) is 6.09. The molecule has 1 aromatic carbocycles. The van der Waals surface area contributed by atoms with Crippen LogP contribution in [0.15, 0.2) is 59.1 Å². The Bertz CT molecular complexity index is 1070. The molecule has 0 aliphatic heterocycles. The molecular weight excluding hydrogens is 490 g/mol. The van der Waals surface area contributed by atoms with Gasteiger partial charge in [-0.05, 0) is 36.8 Å². The summed E-state index contributed by atoms with van der Waals surface area (Å²) in [7, 11) is 0. The van der Waals surface area contributed by atoms with Crippen LogP contribution < -0.4 is 33.6 Å². The molecule has 4 unspecified atom stereocenters. The molecule has 4 atom stereocenters. The number of aliphatic imine (C=N–C) groups is 1. The highest BCUT2D eigenvalue weighted by Gasteiger charge is 2.28. The summed E-state index contributed by atoms with van der Waals surface area (Å²) in [5.41, 5.74) is 23.9. The zero-order valence-corrected chi connectivity index (χ0v) is 21.2. The van der Waals surface area contributed by atoms with Gasteiger partial charge in [0.2, 0.25) is 17.7 Å². The summed E-state index contributed by atoms with van der Waals surface area (Å²) in [6.45, 7) is 0.251. The Morgan fingerprint density at radius 2 is 1.68 bits per heavy atom. The summed E-state index contributed by atoms with van der Waals surface area (Å²) in [6.07, 6.45) is 6.98. The fraction of sp³-hybridized carbons (Fsp3) is 0.423. The fourth-order valence-electron chi connectivity index (χ4n) is 3.96. The Balaban J connectivity index is 2.11. The molecule has 38 heavy (non-hydrogen) atoms. The van der Waals surface area contributed by atoms with Crippen LogP contribution in [0.5, 0.6) is 0 Å². The first kappa shape index (κ1) is 30.0. The Morgan fingerprint density at radius 1 is 1.00 bits per heavy atom. The second kappa shape index (κ2) is 15.2. The Kier molecular flexibility index (Phi) is 12.0. The van der Waals surface area contributed by atoms with Crippen molar-refractivity contribution in [3.8, 4) is 0 Å². The van der Waals surface area contributed by atoms with Crippen molar-refractivity contribution < 1.29 is 24.3 Å². The van der Waals surface area contributed by atoms with Gasteiger partial charge in [0.05, 0.1) is 6.04 Å². The van der Waals surface area contributed by atoms with Gasteiger partial charge in [0.25, 0.3) is 0 Å². The van der Waals surface area contributed by atoms with Crippen LogP contribution in [0.25, 0.3) is 0 Å². The number of allylic oxidation sites excluding steroid dienone is 3. The SMILES string of the molecule is NC(=O)C(CCCN=C(N)N)NC(=O)C(CC1=CCC(c2ccccc2)C=C1)NC(=O)C(N)CCC(=O)O. The van der Waals surface area contributed by atoms with Crippen LogP contribution in [0.2, 0.25) is 0 Å². The van der Waals surface area contributed by atoms with E-state index in [0.29, 0.717) is 12.8 Å². The molecule has 0 bridgehead atoms. The normalized spacial score (nSPS) is 16.9. The average Bonchev–Trinajstić information content (AvgIpc) is 2.89. The van der Waals surface area contributed by atoms with Gasteiger partial charge in [0, 0.05) is 25.3 Å². The van der Waals surface area contributed by atoms with Crippen molar-refractivity contribution in [3.05, 3.63) is 59.7 Å². The van der Waals surface area contributed by atoms with Gasteiger partial charge in [-0.2, -0.15) is 0 Å². The second-order valence-electron chi connectivity index (χ2n) is 9.11. The first-order valence-corrected chi connectivity index (χ1v) is 12.4. The molecular formula is C26H37N7O5. The molecule has 0 radical (unpaired) electrons.